The van der Waals surface area contributed by atoms with Gasteiger partial charge in [0.2, 0.25) is 0 Å². The van der Waals surface area contributed by atoms with Crippen LogP contribution in [0.2, 0.25) is 0 Å². The first-order valence-corrected chi connectivity index (χ1v) is 7.66. The highest BCUT2D eigenvalue weighted by molar-refractivity contribution is 5.14. The second kappa shape index (κ2) is 5.26. The van der Waals surface area contributed by atoms with E-state index in [1.165, 1.54) is 37.9 Å². The number of hydrogen-bond donors (Lipinski definition) is 1. The summed E-state index contributed by atoms with van der Waals surface area (Å²) in [4.78, 5) is 2.64. The Morgan fingerprint density at radius 3 is 2.79 bits per heavy atom. The zero-order valence-electron chi connectivity index (χ0n) is 12.2. The Morgan fingerprint density at radius 1 is 1.21 bits per heavy atom. The molecule has 2 saturated heterocycles. The van der Waals surface area contributed by atoms with Gasteiger partial charge in [-0.1, -0.05) is 30.3 Å². The monoisotopic (exact) mass is 258 g/mol. The maximum Gasteiger partial charge on any atom is 0.0233 e. The Morgan fingerprint density at radius 2 is 2.00 bits per heavy atom. The lowest BCUT2D eigenvalue weighted by Crippen LogP contribution is -2.58. The minimum atomic E-state index is 0.350. The van der Waals surface area contributed by atoms with Crippen LogP contribution >= 0.6 is 0 Å². The second-order valence-corrected chi connectivity index (χ2v) is 6.94. The van der Waals surface area contributed by atoms with E-state index in [2.05, 4.69) is 54.4 Å². The van der Waals surface area contributed by atoms with Gasteiger partial charge in [0.05, 0.1) is 0 Å². The summed E-state index contributed by atoms with van der Waals surface area (Å²) in [6.45, 7) is 8.31. The molecule has 0 radical (unpaired) electrons. The molecule has 2 fully saturated rings. The highest BCUT2D eigenvalue weighted by atomic mass is 15.2. The van der Waals surface area contributed by atoms with Crippen LogP contribution in [0.4, 0.5) is 0 Å². The van der Waals surface area contributed by atoms with E-state index in [9.17, 15) is 0 Å². The summed E-state index contributed by atoms with van der Waals surface area (Å²) < 4.78 is 0. The number of fused-ring (bicyclic) bond motifs is 1. The number of hydrogen-bond acceptors (Lipinski definition) is 2. The van der Waals surface area contributed by atoms with Crippen LogP contribution in [0, 0.1) is 5.92 Å². The van der Waals surface area contributed by atoms with Gasteiger partial charge >= 0.3 is 0 Å². The minimum Gasteiger partial charge on any atom is -0.309 e. The van der Waals surface area contributed by atoms with Gasteiger partial charge < -0.3 is 5.32 Å². The molecule has 1 aromatic rings. The normalized spacial score (nSPS) is 30.8. The predicted octanol–water partition coefficient (Wildman–Crippen LogP) is 3.04. The van der Waals surface area contributed by atoms with Crippen LogP contribution in [0.25, 0.3) is 0 Å². The Hall–Kier alpha value is -0.860. The van der Waals surface area contributed by atoms with E-state index in [1.807, 2.05) is 0 Å². The maximum absolute atomic E-state index is 3.85. The third-order valence-electron chi connectivity index (χ3n) is 4.78. The summed E-state index contributed by atoms with van der Waals surface area (Å²) in [5.41, 5.74) is 1.80. The first-order valence-electron chi connectivity index (χ1n) is 7.66. The topological polar surface area (TPSA) is 15.3 Å². The predicted molar refractivity (Wildman–Crippen MR) is 80.1 cm³/mol. The standard InChI is InChI=1S/C17H26N2/c1-17(2)10-8-15-13-19(11-9-16(15)18-17)12-14-6-4-3-5-7-14/h3-7,15-16,18H,8-13H2,1-2H3. The number of likely N-dealkylation sites (tertiary alicyclic amines) is 1. The molecule has 0 saturated carbocycles. The van der Waals surface area contributed by atoms with Crippen LogP contribution in [0.5, 0.6) is 0 Å². The summed E-state index contributed by atoms with van der Waals surface area (Å²) in [6, 6.07) is 11.6. The highest BCUT2D eigenvalue weighted by Crippen LogP contribution is 2.31. The van der Waals surface area contributed by atoms with Gasteiger partial charge in [-0.25, -0.2) is 0 Å². The van der Waals surface area contributed by atoms with Gasteiger partial charge in [-0.05, 0) is 51.1 Å². The molecule has 19 heavy (non-hydrogen) atoms. The Kier molecular flexibility index (Phi) is 3.64. The molecule has 2 unspecified atom stereocenters. The fourth-order valence-electron chi connectivity index (χ4n) is 3.70. The molecule has 0 bridgehead atoms. The molecule has 2 aliphatic rings. The number of benzene rings is 1. The van der Waals surface area contributed by atoms with Crippen LogP contribution in [0.3, 0.4) is 0 Å². The van der Waals surface area contributed by atoms with Gasteiger partial charge in [-0.3, -0.25) is 4.90 Å². The molecule has 0 aliphatic carbocycles. The highest BCUT2D eigenvalue weighted by Gasteiger charge is 2.37. The molecule has 2 aliphatic heterocycles. The van der Waals surface area contributed by atoms with Crippen LogP contribution in [-0.2, 0) is 6.54 Å². The number of nitrogens with zero attached hydrogens (tertiary/aromatic N) is 1. The summed E-state index contributed by atoms with van der Waals surface area (Å²) in [5.74, 6) is 0.852. The molecule has 2 heterocycles. The molecule has 2 nitrogen and oxygen atoms in total. The number of rotatable bonds is 2. The summed E-state index contributed by atoms with van der Waals surface area (Å²) in [6.07, 6.45) is 4.00. The van der Waals surface area contributed by atoms with Crippen LogP contribution in [-0.4, -0.2) is 29.6 Å². The Labute approximate surface area is 117 Å². The van der Waals surface area contributed by atoms with E-state index >= 15 is 0 Å². The van der Waals surface area contributed by atoms with Gasteiger partial charge in [-0.2, -0.15) is 0 Å². The van der Waals surface area contributed by atoms with Crippen LogP contribution in [0.1, 0.15) is 38.7 Å². The molecule has 1 aromatic carbocycles. The lowest BCUT2D eigenvalue weighted by Gasteiger charge is -2.47. The number of nitrogens with one attached hydrogen (secondary N) is 1. The largest absolute Gasteiger partial charge is 0.309 e. The summed E-state index contributed by atoms with van der Waals surface area (Å²) in [7, 11) is 0. The molecule has 0 aromatic heterocycles. The first kappa shape index (κ1) is 13.1. The van der Waals surface area contributed by atoms with E-state index in [-0.39, 0.29) is 0 Å². The zero-order chi connectivity index (χ0) is 13.3. The fraction of sp³-hybridized carbons (Fsp3) is 0.647. The molecule has 2 heteroatoms. The first-order chi connectivity index (χ1) is 9.12. The van der Waals surface area contributed by atoms with Crippen molar-refractivity contribution in [2.45, 2.75) is 51.2 Å². The van der Waals surface area contributed by atoms with Gasteiger partial charge in [0, 0.05) is 24.7 Å². The zero-order valence-corrected chi connectivity index (χ0v) is 12.2. The van der Waals surface area contributed by atoms with Crippen molar-refractivity contribution >= 4 is 0 Å². The lowest BCUT2D eigenvalue weighted by molar-refractivity contribution is 0.0731. The Balaban J connectivity index is 1.58. The summed E-state index contributed by atoms with van der Waals surface area (Å²) in [5, 5.41) is 3.85. The molecule has 2 atom stereocenters. The van der Waals surface area contributed by atoms with Crippen molar-refractivity contribution < 1.29 is 0 Å². The third kappa shape index (κ3) is 3.18. The number of piperidine rings is 2. The third-order valence-corrected chi connectivity index (χ3v) is 4.78. The lowest BCUT2D eigenvalue weighted by atomic mass is 9.78. The van der Waals surface area contributed by atoms with Crippen molar-refractivity contribution in [1.29, 1.82) is 0 Å². The average molecular weight is 258 g/mol. The Bertz CT molecular complexity index is 413. The molecule has 104 valence electrons. The van der Waals surface area contributed by atoms with Gasteiger partial charge in [-0.15, -0.1) is 0 Å². The quantitative estimate of drug-likeness (QED) is 0.877. The smallest absolute Gasteiger partial charge is 0.0233 e. The second-order valence-electron chi connectivity index (χ2n) is 6.94. The molecule has 0 amide bonds. The minimum absolute atomic E-state index is 0.350. The van der Waals surface area contributed by atoms with Crippen LogP contribution < -0.4 is 5.32 Å². The van der Waals surface area contributed by atoms with Crippen molar-refractivity contribution in [3.8, 4) is 0 Å². The van der Waals surface area contributed by atoms with Gasteiger partial charge in [0.1, 0.15) is 0 Å². The summed E-state index contributed by atoms with van der Waals surface area (Å²) >= 11 is 0. The molecule has 3 rings (SSSR count). The van der Waals surface area contributed by atoms with E-state index in [1.54, 1.807) is 0 Å². The van der Waals surface area contributed by atoms with Crippen molar-refractivity contribution in [1.82, 2.24) is 10.2 Å². The van der Waals surface area contributed by atoms with E-state index in [0.717, 1.165) is 18.5 Å². The maximum atomic E-state index is 3.85. The van der Waals surface area contributed by atoms with Gasteiger partial charge in [0.15, 0.2) is 0 Å². The average Bonchev–Trinajstić information content (AvgIpc) is 2.39. The van der Waals surface area contributed by atoms with Crippen molar-refractivity contribution in [2.75, 3.05) is 13.1 Å². The van der Waals surface area contributed by atoms with Crippen molar-refractivity contribution in [3.63, 3.8) is 0 Å². The molecular weight excluding hydrogens is 232 g/mol. The van der Waals surface area contributed by atoms with Crippen LogP contribution in [0.15, 0.2) is 30.3 Å². The van der Waals surface area contributed by atoms with Crippen molar-refractivity contribution in [2.24, 2.45) is 5.92 Å². The molecule has 0 spiro atoms. The molecule has 1 N–H and O–H groups in total. The van der Waals surface area contributed by atoms with Crippen molar-refractivity contribution in [3.05, 3.63) is 35.9 Å². The fourth-order valence-corrected chi connectivity index (χ4v) is 3.70. The van der Waals surface area contributed by atoms with Gasteiger partial charge in [0.25, 0.3) is 0 Å². The van der Waals surface area contributed by atoms with E-state index in [4.69, 9.17) is 0 Å². The SMILES string of the molecule is CC1(C)CCC2CN(Cc3ccccc3)CCC2N1. The van der Waals surface area contributed by atoms with E-state index in [0.29, 0.717) is 5.54 Å². The van der Waals surface area contributed by atoms with E-state index < -0.39 is 0 Å². The molecular formula is C17H26N2.